The molecule has 3 N–H and O–H groups in total. The number of anilines is 2. The first-order valence-corrected chi connectivity index (χ1v) is 13.8. The molecule has 5 rings (SSSR count). The average Bonchev–Trinajstić information content (AvgIpc) is 3.41. The molecule has 4 aromatic rings. The van der Waals surface area contributed by atoms with Crippen molar-refractivity contribution >= 4 is 23.1 Å². The highest BCUT2D eigenvalue weighted by molar-refractivity contribution is 5.96. The van der Waals surface area contributed by atoms with E-state index in [9.17, 15) is 9.18 Å². The van der Waals surface area contributed by atoms with Crippen molar-refractivity contribution in [1.29, 1.82) is 0 Å². The summed E-state index contributed by atoms with van der Waals surface area (Å²) in [6.07, 6.45) is 8.38. The Labute approximate surface area is 233 Å². The van der Waals surface area contributed by atoms with Gasteiger partial charge in [-0.3, -0.25) is 9.20 Å². The number of amides is 1. The summed E-state index contributed by atoms with van der Waals surface area (Å²) in [6.45, 7) is 8.13. The number of fused-ring (bicyclic) bond motifs is 1. The summed E-state index contributed by atoms with van der Waals surface area (Å²) in [6, 6.07) is 10.4. The van der Waals surface area contributed by atoms with E-state index in [1.165, 1.54) is 13.2 Å². The minimum absolute atomic E-state index is 0.0593. The molecule has 1 amide bonds. The van der Waals surface area contributed by atoms with Gasteiger partial charge in [-0.05, 0) is 68.3 Å². The van der Waals surface area contributed by atoms with Crippen LogP contribution in [0.2, 0.25) is 0 Å². The van der Waals surface area contributed by atoms with E-state index in [2.05, 4.69) is 30.8 Å². The molecule has 1 aliphatic rings. The van der Waals surface area contributed by atoms with Gasteiger partial charge in [0, 0.05) is 61.9 Å². The number of aryl methyl sites for hydroxylation is 1. The first kappa shape index (κ1) is 27.5. The second-order valence-corrected chi connectivity index (χ2v) is 10.0. The van der Waals surface area contributed by atoms with Crippen molar-refractivity contribution in [2.75, 3.05) is 51.7 Å². The molecule has 40 heavy (non-hydrogen) atoms. The third-order valence-corrected chi connectivity index (χ3v) is 7.26. The molecule has 1 fully saturated rings. The maximum Gasteiger partial charge on any atom is 0.251 e. The second kappa shape index (κ2) is 12.9. The van der Waals surface area contributed by atoms with Crippen molar-refractivity contribution in [3.8, 4) is 17.0 Å². The number of imidazole rings is 1. The van der Waals surface area contributed by atoms with Gasteiger partial charge in [-0.2, -0.15) is 0 Å². The van der Waals surface area contributed by atoms with E-state index in [1.807, 2.05) is 29.5 Å². The van der Waals surface area contributed by atoms with Gasteiger partial charge in [0.1, 0.15) is 0 Å². The zero-order chi connectivity index (χ0) is 27.9. The number of carbonyl (C=O) groups is 1. The zero-order valence-electron chi connectivity index (χ0n) is 23.0. The molecule has 2 aromatic carbocycles. The second-order valence-electron chi connectivity index (χ2n) is 10.0. The molecule has 210 valence electrons. The van der Waals surface area contributed by atoms with E-state index in [4.69, 9.17) is 4.74 Å². The van der Waals surface area contributed by atoms with E-state index >= 15 is 0 Å². The Hall–Kier alpha value is -4.02. The van der Waals surface area contributed by atoms with Crippen LogP contribution in [0.25, 0.3) is 16.9 Å². The number of nitrogens with zero attached hydrogens (tertiary/aromatic N) is 4. The fourth-order valence-electron chi connectivity index (χ4n) is 5.05. The van der Waals surface area contributed by atoms with E-state index < -0.39 is 5.82 Å². The fourth-order valence-corrected chi connectivity index (χ4v) is 5.05. The lowest BCUT2D eigenvalue weighted by atomic mass is 10.1. The van der Waals surface area contributed by atoms with Gasteiger partial charge in [-0.15, -0.1) is 0 Å². The van der Waals surface area contributed by atoms with Crippen LogP contribution in [-0.4, -0.2) is 71.6 Å². The molecule has 1 saturated heterocycles. The standard InChI is InChI=1S/C30H36FN7O2/c1-21-18-23(7-8-24(21)30(39)34-10-4-3-5-14-37-15-11-32-12-16-37)36-28-29-35-20-26(38(29)17-13-33-28)22-6-9-27(40-2)25(31)19-22/h6-9,13,17-20,32H,3-5,10-12,14-16H2,1-2H3,(H,33,36)(H,34,39). The Morgan fingerprint density at radius 1 is 1.10 bits per heavy atom. The topological polar surface area (TPSA) is 95.8 Å². The number of aromatic nitrogens is 3. The van der Waals surface area contributed by atoms with Crippen LogP contribution in [0.1, 0.15) is 35.2 Å². The first-order valence-electron chi connectivity index (χ1n) is 13.8. The summed E-state index contributed by atoms with van der Waals surface area (Å²) in [5.41, 5.74) is 4.32. The molecule has 9 nitrogen and oxygen atoms in total. The number of halogens is 1. The summed E-state index contributed by atoms with van der Waals surface area (Å²) >= 11 is 0. The van der Waals surface area contributed by atoms with Crippen LogP contribution in [0.4, 0.5) is 15.9 Å². The van der Waals surface area contributed by atoms with Gasteiger partial charge in [-0.1, -0.05) is 6.42 Å². The molecule has 0 spiro atoms. The number of unbranched alkanes of at least 4 members (excludes halogenated alkanes) is 2. The maximum absolute atomic E-state index is 14.3. The number of nitrogens with one attached hydrogen (secondary N) is 3. The first-order chi connectivity index (χ1) is 19.5. The predicted molar refractivity (Wildman–Crippen MR) is 155 cm³/mol. The minimum atomic E-state index is -0.437. The lowest BCUT2D eigenvalue weighted by molar-refractivity contribution is 0.0952. The SMILES string of the molecule is COc1ccc(-c2cnc3c(Nc4ccc(C(=O)NCCCCCN5CCNCC5)c(C)c4)nccn23)cc1F. The number of benzene rings is 2. The van der Waals surface area contributed by atoms with Gasteiger partial charge < -0.3 is 25.6 Å². The Bertz CT molecular complexity index is 1470. The maximum atomic E-state index is 14.3. The number of methoxy groups -OCH3 is 1. The quantitative estimate of drug-likeness (QED) is 0.241. The number of rotatable bonds is 11. The molecular formula is C30H36FN7O2. The summed E-state index contributed by atoms with van der Waals surface area (Å²) < 4.78 is 21.2. The monoisotopic (exact) mass is 545 g/mol. The average molecular weight is 546 g/mol. The van der Waals surface area contributed by atoms with Crippen LogP contribution in [-0.2, 0) is 0 Å². The van der Waals surface area contributed by atoms with Crippen LogP contribution in [0.5, 0.6) is 5.75 Å². The Morgan fingerprint density at radius 2 is 1.95 bits per heavy atom. The molecule has 0 unspecified atom stereocenters. The summed E-state index contributed by atoms with van der Waals surface area (Å²) in [7, 11) is 1.44. The molecule has 0 radical (unpaired) electrons. The molecule has 0 aliphatic carbocycles. The van der Waals surface area contributed by atoms with E-state index in [0.29, 0.717) is 29.1 Å². The number of hydrogen-bond donors (Lipinski definition) is 3. The number of piperazine rings is 1. The van der Waals surface area contributed by atoms with Crippen LogP contribution in [0.15, 0.2) is 55.0 Å². The zero-order valence-corrected chi connectivity index (χ0v) is 23.0. The van der Waals surface area contributed by atoms with Crippen LogP contribution >= 0.6 is 0 Å². The Morgan fingerprint density at radius 3 is 2.73 bits per heavy atom. The molecule has 3 heterocycles. The lowest BCUT2D eigenvalue weighted by Crippen LogP contribution is -2.43. The highest BCUT2D eigenvalue weighted by atomic mass is 19.1. The molecule has 0 atom stereocenters. The largest absolute Gasteiger partial charge is 0.494 e. The molecular weight excluding hydrogens is 509 g/mol. The van der Waals surface area contributed by atoms with Crippen LogP contribution in [0.3, 0.4) is 0 Å². The third-order valence-electron chi connectivity index (χ3n) is 7.26. The van der Waals surface area contributed by atoms with Gasteiger partial charge in [0.15, 0.2) is 23.0 Å². The summed E-state index contributed by atoms with van der Waals surface area (Å²) in [5, 5.41) is 9.75. The normalized spacial score (nSPS) is 13.9. The Balaban J connectivity index is 1.18. The highest BCUT2D eigenvalue weighted by Crippen LogP contribution is 2.28. The fraction of sp³-hybridized carbons (Fsp3) is 0.367. The van der Waals surface area contributed by atoms with Crippen LogP contribution < -0.4 is 20.7 Å². The summed E-state index contributed by atoms with van der Waals surface area (Å²) in [5.74, 6) is 0.249. The van der Waals surface area contributed by atoms with Gasteiger partial charge in [0.25, 0.3) is 5.91 Å². The predicted octanol–water partition coefficient (Wildman–Crippen LogP) is 4.40. The van der Waals surface area contributed by atoms with E-state index in [1.54, 1.807) is 30.7 Å². The van der Waals surface area contributed by atoms with Crippen molar-refractivity contribution in [3.05, 3.63) is 71.9 Å². The summed E-state index contributed by atoms with van der Waals surface area (Å²) in [4.78, 5) is 24.3. The molecule has 10 heteroatoms. The molecule has 2 aromatic heterocycles. The highest BCUT2D eigenvalue weighted by Gasteiger charge is 2.14. The van der Waals surface area contributed by atoms with Crippen molar-refractivity contribution in [1.82, 2.24) is 29.9 Å². The molecule has 0 bridgehead atoms. The minimum Gasteiger partial charge on any atom is -0.494 e. The van der Waals surface area contributed by atoms with Gasteiger partial charge in [0.2, 0.25) is 0 Å². The Kier molecular flexibility index (Phi) is 8.87. The number of carbonyl (C=O) groups excluding carboxylic acids is 1. The number of hydrogen-bond acceptors (Lipinski definition) is 7. The van der Waals surface area contributed by atoms with Gasteiger partial charge >= 0.3 is 0 Å². The van der Waals surface area contributed by atoms with Crippen molar-refractivity contribution < 1.29 is 13.9 Å². The van der Waals surface area contributed by atoms with E-state index in [0.717, 1.165) is 68.9 Å². The number of ether oxygens (including phenoxy) is 1. The lowest BCUT2D eigenvalue weighted by Gasteiger charge is -2.27. The molecule has 0 saturated carbocycles. The van der Waals surface area contributed by atoms with Crippen molar-refractivity contribution in [2.24, 2.45) is 0 Å². The van der Waals surface area contributed by atoms with Crippen molar-refractivity contribution in [3.63, 3.8) is 0 Å². The van der Waals surface area contributed by atoms with Crippen molar-refractivity contribution in [2.45, 2.75) is 26.2 Å². The van der Waals surface area contributed by atoms with Gasteiger partial charge in [0.05, 0.1) is 19.0 Å². The smallest absolute Gasteiger partial charge is 0.251 e. The van der Waals surface area contributed by atoms with Gasteiger partial charge in [-0.25, -0.2) is 14.4 Å². The molecule has 1 aliphatic heterocycles. The van der Waals surface area contributed by atoms with Crippen LogP contribution in [0, 0.1) is 12.7 Å². The van der Waals surface area contributed by atoms with E-state index in [-0.39, 0.29) is 11.7 Å². The third kappa shape index (κ3) is 6.40.